The second kappa shape index (κ2) is 6.35. The van der Waals surface area contributed by atoms with Crippen LogP contribution in [-0.4, -0.2) is 34.4 Å². The Hall–Kier alpha value is -1.83. The van der Waals surface area contributed by atoms with Crippen LogP contribution < -0.4 is 5.73 Å². The lowest BCUT2D eigenvalue weighted by atomic mass is 9.90. The normalized spacial score (nSPS) is 21.7. The SMILES string of the molecule is CC1(CN)CCN(Cc2csc(-c3cccc([N+](=O)[O-])c3)n2)C1. The molecular formula is C16H20N4O2S. The van der Waals surface area contributed by atoms with Crippen LogP contribution in [-0.2, 0) is 6.54 Å². The molecule has 1 aliphatic heterocycles. The highest BCUT2D eigenvalue weighted by Crippen LogP contribution is 2.31. The fraction of sp³-hybridized carbons (Fsp3) is 0.438. The summed E-state index contributed by atoms with van der Waals surface area (Å²) in [5.41, 5.74) is 7.96. The van der Waals surface area contributed by atoms with E-state index in [1.165, 1.54) is 17.4 Å². The van der Waals surface area contributed by atoms with E-state index in [-0.39, 0.29) is 16.0 Å². The minimum atomic E-state index is -0.379. The van der Waals surface area contributed by atoms with E-state index in [4.69, 9.17) is 5.73 Å². The van der Waals surface area contributed by atoms with E-state index in [0.29, 0.717) is 6.54 Å². The molecule has 0 bridgehead atoms. The number of nitro benzene ring substituents is 1. The topological polar surface area (TPSA) is 85.3 Å². The second-order valence-corrected chi connectivity index (χ2v) is 7.28. The molecule has 23 heavy (non-hydrogen) atoms. The third-order valence-electron chi connectivity index (χ3n) is 4.37. The van der Waals surface area contributed by atoms with Crippen LogP contribution in [0.4, 0.5) is 5.69 Å². The summed E-state index contributed by atoms with van der Waals surface area (Å²) < 4.78 is 0. The predicted octanol–water partition coefficient (Wildman–Crippen LogP) is 2.89. The van der Waals surface area contributed by atoms with Gasteiger partial charge in [-0.2, -0.15) is 0 Å². The molecule has 1 aliphatic rings. The number of non-ortho nitro benzene ring substituents is 1. The van der Waals surface area contributed by atoms with Crippen LogP contribution in [0.25, 0.3) is 10.6 Å². The number of benzene rings is 1. The van der Waals surface area contributed by atoms with Gasteiger partial charge in [0, 0.05) is 36.2 Å². The van der Waals surface area contributed by atoms with E-state index < -0.39 is 0 Å². The monoisotopic (exact) mass is 332 g/mol. The zero-order valence-electron chi connectivity index (χ0n) is 13.1. The van der Waals surface area contributed by atoms with Gasteiger partial charge in [-0.15, -0.1) is 11.3 Å². The third-order valence-corrected chi connectivity index (χ3v) is 5.31. The molecule has 0 amide bonds. The number of thiazole rings is 1. The van der Waals surface area contributed by atoms with Crippen molar-refractivity contribution in [2.75, 3.05) is 19.6 Å². The maximum absolute atomic E-state index is 10.9. The van der Waals surface area contributed by atoms with E-state index in [2.05, 4.69) is 16.8 Å². The first-order valence-electron chi connectivity index (χ1n) is 7.61. The number of hydrogen-bond donors (Lipinski definition) is 1. The molecule has 0 radical (unpaired) electrons. The molecule has 1 saturated heterocycles. The van der Waals surface area contributed by atoms with Crippen molar-refractivity contribution in [3.63, 3.8) is 0 Å². The molecule has 2 heterocycles. The van der Waals surface area contributed by atoms with Crippen LogP contribution in [0.2, 0.25) is 0 Å². The van der Waals surface area contributed by atoms with Gasteiger partial charge in [-0.1, -0.05) is 19.1 Å². The number of nitrogens with zero attached hydrogens (tertiary/aromatic N) is 3. The predicted molar refractivity (Wildman–Crippen MR) is 91.3 cm³/mol. The Morgan fingerprint density at radius 1 is 1.52 bits per heavy atom. The van der Waals surface area contributed by atoms with Crippen molar-refractivity contribution < 1.29 is 4.92 Å². The highest BCUT2D eigenvalue weighted by atomic mass is 32.1. The molecule has 3 rings (SSSR count). The van der Waals surface area contributed by atoms with E-state index in [1.807, 2.05) is 11.4 Å². The molecule has 1 atom stereocenters. The fourth-order valence-corrected chi connectivity index (χ4v) is 3.73. The molecule has 1 aromatic carbocycles. The summed E-state index contributed by atoms with van der Waals surface area (Å²) in [5, 5.41) is 13.7. The van der Waals surface area contributed by atoms with Crippen LogP contribution in [0.1, 0.15) is 19.0 Å². The van der Waals surface area contributed by atoms with Crippen molar-refractivity contribution in [1.82, 2.24) is 9.88 Å². The summed E-state index contributed by atoms with van der Waals surface area (Å²) in [4.78, 5) is 17.5. The molecule has 2 N–H and O–H groups in total. The highest BCUT2D eigenvalue weighted by Gasteiger charge is 2.32. The summed E-state index contributed by atoms with van der Waals surface area (Å²) in [6.45, 7) is 5.77. The quantitative estimate of drug-likeness (QED) is 0.672. The summed E-state index contributed by atoms with van der Waals surface area (Å²) in [5.74, 6) is 0. The molecule has 0 spiro atoms. The Kier molecular flexibility index (Phi) is 4.43. The standard InChI is InChI=1S/C16H20N4O2S/c1-16(10-17)5-6-19(11-16)8-13-9-23-15(18-13)12-3-2-4-14(7-12)20(21)22/h2-4,7,9H,5-6,8,10-11,17H2,1H3. The lowest BCUT2D eigenvalue weighted by Crippen LogP contribution is -2.31. The average Bonchev–Trinajstić information content (AvgIpc) is 3.15. The Morgan fingerprint density at radius 3 is 3.04 bits per heavy atom. The van der Waals surface area contributed by atoms with Crippen LogP contribution in [0.15, 0.2) is 29.6 Å². The van der Waals surface area contributed by atoms with Gasteiger partial charge in [-0.05, 0) is 24.9 Å². The summed E-state index contributed by atoms with van der Waals surface area (Å²) in [7, 11) is 0. The van der Waals surface area contributed by atoms with Gasteiger partial charge in [0.15, 0.2) is 0 Å². The minimum Gasteiger partial charge on any atom is -0.330 e. The summed E-state index contributed by atoms with van der Waals surface area (Å²) in [6, 6.07) is 6.62. The molecule has 0 aliphatic carbocycles. The van der Waals surface area contributed by atoms with Gasteiger partial charge in [0.05, 0.1) is 10.6 Å². The first-order chi connectivity index (χ1) is 11.0. The van der Waals surface area contributed by atoms with Crippen molar-refractivity contribution in [3.05, 3.63) is 45.5 Å². The van der Waals surface area contributed by atoms with Crippen molar-refractivity contribution in [2.45, 2.75) is 19.9 Å². The van der Waals surface area contributed by atoms with Crippen LogP contribution in [0.3, 0.4) is 0 Å². The first-order valence-corrected chi connectivity index (χ1v) is 8.49. The second-order valence-electron chi connectivity index (χ2n) is 6.43. The van der Waals surface area contributed by atoms with Crippen molar-refractivity contribution >= 4 is 17.0 Å². The molecule has 122 valence electrons. The Balaban J connectivity index is 1.71. The maximum atomic E-state index is 10.9. The highest BCUT2D eigenvalue weighted by molar-refractivity contribution is 7.13. The lowest BCUT2D eigenvalue weighted by Gasteiger charge is -2.22. The largest absolute Gasteiger partial charge is 0.330 e. The number of aromatic nitrogens is 1. The van der Waals surface area contributed by atoms with E-state index in [1.54, 1.807) is 12.1 Å². The maximum Gasteiger partial charge on any atom is 0.270 e. The first kappa shape index (κ1) is 16.0. The van der Waals surface area contributed by atoms with Gasteiger partial charge in [-0.25, -0.2) is 4.98 Å². The number of rotatable bonds is 5. The molecule has 6 nitrogen and oxygen atoms in total. The van der Waals surface area contributed by atoms with Crippen molar-refractivity contribution in [2.24, 2.45) is 11.1 Å². The van der Waals surface area contributed by atoms with E-state index >= 15 is 0 Å². The number of nitrogens with two attached hydrogens (primary N) is 1. The Morgan fingerprint density at radius 2 is 2.35 bits per heavy atom. The Labute approximate surface area is 139 Å². The van der Waals surface area contributed by atoms with E-state index in [0.717, 1.165) is 42.3 Å². The molecular weight excluding hydrogens is 312 g/mol. The van der Waals surface area contributed by atoms with E-state index in [9.17, 15) is 10.1 Å². The van der Waals surface area contributed by atoms with Crippen LogP contribution >= 0.6 is 11.3 Å². The van der Waals surface area contributed by atoms with Gasteiger partial charge >= 0.3 is 0 Å². The number of likely N-dealkylation sites (tertiary alicyclic amines) is 1. The summed E-state index contributed by atoms with van der Waals surface area (Å²) >= 11 is 1.53. The van der Waals surface area contributed by atoms with Crippen molar-refractivity contribution in [3.8, 4) is 10.6 Å². The Bertz CT molecular complexity index is 718. The molecule has 2 aromatic rings. The molecule has 1 fully saturated rings. The molecule has 1 unspecified atom stereocenters. The van der Waals surface area contributed by atoms with Gasteiger partial charge in [0.1, 0.15) is 5.01 Å². The van der Waals surface area contributed by atoms with Gasteiger partial charge in [0.2, 0.25) is 0 Å². The molecule has 1 aromatic heterocycles. The van der Waals surface area contributed by atoms with Gasteiger partial charge in [0.25, 0.3) is 5.69 Å². The van der Waals surface area contributed by atoms with Gasteiger partial charge in [-0.3, -0.25) is 15.0 Å². The molecule has 0 saturated carbocycles. The average molecular weight is 332 g/mol. The third kappa shape index (κ3) is 3.57. The van der Waals surface area contributed by atoms with Crippen LogP contribution in [0.5, 0.6) is 0 Å². The van der Waals surface area contributed by atoms with Crippen molar-refractivity contribution in [1.29, 1.82) is 0 Å². The number of nitro groups is 1. The summed E-state index contributed by atoms with van der Waals surface area (Å²) in [6.07, 6.45) is 1.12. The molecule has 7 heteroatoms. The fourth-order valence-electron chi connectivity index (χ4n) is 2.92. The lowest BCUT2D eigenvalue weighted by molar-refractivity contribution is -0.384. The number of hydrogen-bond acceptors (Lipinski definition) is 6. The smallest absolute Gasteiger partial charge is 0.270 e. The van der Waals surface area contributed by atoms with Crippen LogP contribution in [0, 0.1) is 15.5 Å². The zero-order chi connectivity index (χ0) is 16.4. The zero-order valence-corrected chi connectivity index (χ0v) is 13.9. The minimum absolute atomic E-state index is 0.0949. The van der Waals surface area contributed by atoms with Gasteiger partial charge < -0.3 is 5.73 Å².